The lowest BCUT2D eigenvalue weighted by Crippen LogP contribution is -2.40. The van der Waals surface area contributed by atoms with E-state index in [0.717, 1.165) is 19.3 Å². The van der Waals surface area contributed by atoms with Gasteiger partial charge in [0.05, 0.1) is 5.75 Å². The Bertz CT molecular complexity index is 303. The molecule has 1 aliphatic rings. The van der Waals surface area contributed by atoms with Gasteiger partial charge in [0.2, 0.25) is 10.0 Å². The van der Waals surface area contributed by atoms with E-state index in [4.69, 9.17) is 0 Å². The monoisotopic (exact) mass is 248 g/mol. The molecule has 16 heavy (non-hydrogen) atoms. The summed E-state index contributed by atoms with van der Waals surface area (Å²) in [6.45, 7) is 4.85. The van der Waals surface area contributed by atoms with Crippen LogP contribution in [0.5, 0.6) is 0 Å². The third-order valence-corrected chi connectivity index (χ3v) is 5.11. The molecule has 0 aromatic heterocycles. The number of hydrogen-bond acceptors (Lipinski definition) is 3. The lowest BCUT2D eigenvalue weighted by molar-refractivity contribution is 0.368. The maximum Gasteiger partial charge on any atom is 0.213 e. The molecule has 96 valence electrons. The van der Waals surface area contributed by atoms with Gasteiger partial charge in [-0.1, -0.05) is 20.3 Å². The zero-order valence-corrected chi connectivity index (χ0v) is 11.3. The first-order valence-electron chi connectivity index (χ1n) is 6.14. The van der Waals surface area contributed by atoms with Gasteiger partial charge in [-0.2, -0.15) is 0 Å². The van der Waals surface area contributed by atoms with Crippen LogP contribution in [0.3, 0.4) is 0 Å². The van der Waals surface area contributed by atoms with Crippen molar-refractivity contribution in [1.29, 1.82) is 0 Å². The molecule has 0 bridgehead atoms. The van der Waals surface area contributed by atoms with Crippen LogP contribution < -0.4 is 10.0 Å². The van der Waals surface area contributed by atoms with E-state index < -0.39 is 10.0 Å². The van der Waals surface area contributed by atoms with E-state index in [1.165, 1.54) is 0 Å². The van der Waals surface area contributed by atoms with Crippen LogP contribution in [-0.2, 0) is 10.0 Å². The van der Waals surface area contributed by atoms with E-state index in [1.807, 2.05) is 0 Å². The lowest BCUT2D eigenvalue weighted by Gasteiger charge is -2.20. The first-order valence-corrected chi connectivity index (χ1v) is 7.80. The maximum atomic E-state index is 11.7. The van der Waals surface area contributed by atoms with E-state index in [-0.39, 0.29) is 11.8 Å². The van der Waals surface area contributed by atoms with Crippen molar-refractivity contribution in [3.63, 3.8) is 0 Å². The van der Waals surface area contributed by atoms with Crippen molar-refractivity contribution in [3.8, 4) is 0 Å². The summed E-state index contributed by atoms with van der Waals surface area (Å²) < 4.78 is 26.3. The van der Waals surface area contributed by atoms with Gasteiger partial charge in [-0.25, -0.2) is 13.1 Å². The molecular weight excluding hydrogens is 224 g/mol. The predicted octanol–water partition coefficient (Wildman–Crippen LogP) is 0.950. The Balaban J connectivity index is 2.49. The summed E-state index contributed by atoms with van der Waals surface area (Å²) in [5, 5.41) is 2.86. The van der Waals surface area contributed by atoms with E-state index in [2.05, 4.69) is 23.9 Å². The summed E-state index contributed by atoms with van der Waals surface area (Å²) in [5.74, 6) is 1.31. The molecule has 5 heteroatoms. The van der Waals surface area contributed by atoms with Crippen LogP contribution in [0, 0.1) is 11.8 Å². The topological polar surface area (TPSA) is 58.2 Å². The highest BCUT2D eigenvalue weighted by molar-refractivity contribution is 7.89. The molecule has 1 saturated carbocycles. The highest BCUT2D eigenvalue weighted by atomic mass is 32.2. The van der Waals surface area contributed by atoms with Gasteiger partial charge in [0.15, 0.2) is 0 Å². The Kier molecular flexibility index (Phi) is 5.21. The summed E-state index contributed by atoms with van der Waals surface area (Å²) in [5.41, 5.74) is 0. The largest absolute Gasteiger partial charge is 0.319 e. The normalized spacial score (nSPS) is 30.8. The Labute approximate surface area is 99.2 Å². The zero-order valence-electron chi connectivity index (χ0n) is 10.5. The van der Waals surface area contributed by atoms with Crippen LogP contribution in [0.1, 0.15) is 33.1 Å². The second-order valence-corrected chi connectivity index (χ2v) is 6.63. The standard InChI is InChI=1S/C11H24N2O2S/c1-4-10-5-6-11(9(10)2)13-16(14,15)8-7-12-3/h9-13H,4-8H2,1-3H3. The first kappa shape index (κ1) is 13.9. The molecule has 4 nitrogen and oxygen atoms in total. The van der Waals surface area contributed by atoms with Crippen molar-refractivity contribution in [2.24, 2.45) is 11.8 Å². The molecular formula is C11H24N2O2S. The minimum Gasteiger partial charge on any atom is -0.319 e. The molecule has 0 saturated heterocycles. The van der Waals surface area contributed by atoms with Crippen LogP contribution in [0.2, 0.25) is 0 Å². The van der Waals surface area contributed by atoms with E-state index >= 15 is 0 Å². The summed E-state index contributed by atoms with van der Waals surface area (Å²) >= 11 is 0. The van der Waals surface area contributed by atoms with Crippen LogP contribution in [-0.4, -0.2) is 33.8 Å². The SMILES string of the molecule is CCC1CCC(NS(=O)(=O)CCNC)C1C. The third-order valence-electron chi connectivity index (χ3n) is 3.70. The van der Waals surface area contributed by atoms with Crippen molar-refractivity contribution >= 4 is 10.0 Å². The molecule has 0 radical (unpaired) electrons. The Morgan fingerprint density at radius 1 is 1.31 bits per heavy atom. The van der Waals surface area contributed by atoms with Crippen LogP contribution in [0.4, 0.5) is 0 Å². The van der Waals surface area contributed by atoms with Gasteiger partial charge in [-0.15, -0.1) is 0 Å². The quantitative estimate of drug-likeness (QED) is 0.736. The summed E-state index contributed by atoms with van der Waals surface area (Å²) in [6, 6.07) is 0.145. The fraction of sp³-hybridized carbons (Fsp3) is 1.00. The number of sulfonamides is 1. The molecule has 0 amide bonds. The lowest BCUT2D eigenvalue weighted by atomic mass is 9.94. The maximum absolute atomic E-state index is 11.7. The average molecular weight is 248 g/mol. The molecule has 1 fully saturated rings. The molecule has 1 rings (SSSR count). The van der Waals surface area contributed by atoms with Crippen LogP contribution in [0.15, 0.2) is 0 Å². The number of rotatable bonds is 6. The van der Waals surface area contributed by atoms with Crippen LogP contribution in [0.25, 0.3) is 0 Å². The molecule has 1 aliphatic carbocycles. The molecule has 2 N–H and O–H groups in total. The minimum atomic E-state index is -3.10. The van der Waals surface area contributed by atoms with Gasteiger partial charge in [-0.3, -0.25) is 0 Å². The summed E-state index contributed by atoms with van der Waals surface area (Å²) in [7, 11) is -1.34. The van der Waals surface area contributed by atoms with Crippen molar-refractivity contribution in [3.05, 3.63) is 0 Å². The highest BCUT2D eigenvalue weighted by Crippen LogP contribution is 2.34. The zero-order chi connectivity index (χ0) is 12.2. The first-order chi connectivity index (χ1) is 7.50. The van der Waals surface area contributed by atoms with Gasteiger partial charge in [-0.05, 0) is 31.7 Å². The predicted molar refractivity (Wildman–Crippen MR) is 66.8 cm³/mol. The van der Waals surface area contributed by atoms with Crippen molar-refractivity contribution < 1.29 is 8.42 Å². The van der Waals surface area contributed by atoms with Crippen molar-refractivity contribution in [2.75, 3.05) is 19.3 Å². The van der Waals surface area contributed by atoms with Crippen LogP contribution >= 0.6 is 0 Å². The average Bonchev–Trinajstić information content (AvgIpc) is 2.57. The molecule has 3 unspecified atom stereocenters. The van der Waals surface area contributed by atoms with Gasteiger partial charge in [0.25, 0.3) is 0 Å². The van der Waals surface area contributed by atoms with Crippen molar-refractivity contribution in [1.82, 2.24) is 10.0 Å². The van der Waals surface area contributed by atoms with Gasteiger partial charge >= 0.3 is 0 Å². The molecule has 0 spiro atoms. The summed E-state index contributed by atoms with van der Waals surface area (Å²) in [4.78, 5) is 0. The van der Waals surface area contributed by atoms with Gasteiger partial charge in [0.1, 0.15) is 0 Å². The molecule has 0 aromatic carbocycles. The smallest absolute Gasteiger partial charge is 0.213 e. The summed E-state index contributed by atoms with van der Waals surface area (Å²) in [6.07, 6.45) is 3.28. The fourth-order valence-electron chi connectivity index (χ4n) is 2.52. The fourth-order valence-corrected chi connectivity index (χ4v) is 3.90. The second-order valence-electron chi connectivity index (χ2n) is 4.75. The molecule has 0 aromatic rings. The molecule has 0 heterocycles. The Hall–Kier alpha value is -0.130. The van der Waals surface area contributed by atoms with E-state index in [9.17, 15) is 8.42 Å². The Morgan fingerprint density at radius 2 is 2.00 bits per heavy atom. The molecule has 0 aliphatic heterocycles. The Morgan fingerprint density at radius 3 is 2.50 bits per heavy atom. The number of hydrogen-bond donors (Lipinski definition) is 2. The minimum absolute atomic E-state index is 0.145. The van der Waals surface area contributed by atoms with Gasteiger partial charge in [0, 0.05) is 12.6 Å². The van der Waals surface area contributed by atoms with E-state index in [1.54, 1.807) is 7.05 Å². The van der Waals surface area contributed by atoms with Gasteiger partial charge < -0.3 is 5.32 Å². The third kappa shape index (κ3) is 3.71. The second kappa shape index (κ2) is 5.98. The van der Waals surface area contributed by atoms with E-state index in [0.29, 0.717) is 18.4 Å². The molecule has 3 atom stereocenters. The van der Waals surface area contributed by atoms with Crippen molar-refractivity contribution in [2.45, 2.75) is 39.2 Å². The number of nitrogens with one attached hydrogen (secondary N) is 2. The highest BCUT2D eigenvalue weighted by Gasteiger charge is 2.33.